The second-order valence-corrected chi connectivity index (χ2v) is 3.63. The summed E-state index contributed by atoms with van der Waals surface area (Å²) in [6.07, 6.45) is 1.44. The molecule has 0 aliphatic heterocycles. The first-order chi connectivity index (χ1) is 7.27. The van der Waals surface area contributed by atoms with E-state index in [-0.39, 0.29) is 5.28 Å². The second kappa shape index (κ2) is 4.55. The first-order valence-electron chi connectivity index (χ1n) is 4.33. The Morgan fingerprint density at radius 1 is 1.20 bits per heavy atom. The minimum absolute atomic E-state index is 0.218. The fraction of sp³-hybridized carbons (Fsp3) is 0.100. The summed E-state index contributed by atoms with van der Waals surface area (Å²) in [5, 5.41) is 0.576. The number of aromatic nitrogens is 2. The molecular weight excluding hydrogens is 235 g/mol. The van der Waals surface area contributed by atoms with Gasteiger partial charge in [-0.05, 0) is 17.2 Å². The van der Waals surface area contributed by atoms with Crippen molar-refractivity contribution in [1.29, 1.82) is 0 Å². The predicted octanol–water partition coefficient (Wildman–Crippen LogP) is 2.82. The normalized spacial score (nSPS) is 10.3. The van der Waals surface area contributed by atoms with E-state index >= 15 is 0 Å². The summed E-state index contributed by atoms with van der Waals surface area (Å²) in [6, 6.07) is 9.74. The lowest BCUT2D eigenvalue weighted by molar-refractivity contribution is 0.0981. The van der Waals surface area contributed by atoms with Crippen LogP contribution in [0.3, 0.4) is 0 Å². The highest BCUT2D eigenvalue weighted by molar-refractivity contribution is 6.32. The van der Waals surface area contributed by atoms with E-state index in [0.29, 0.717) is 11.8 Å². The predicted molar refractivity (Wildman–Crippen MR) is 59.0 cm³/mol. The lowest BCUT2D eigenvalue weighted by atomic mass is 10.2. The van der Waals surface area contributed by atoms with E-state index in [1.54, 1.807) is 0 Å². The summed E-state index contributed by atoms with van der Waals surface area (Å²) in [7, 11) is 0. The molecule has 0 saturated carbocycles. The first-order valence-corrected chi connectivity index (χ1v) is 5.09. The average Bonchev–Trinajstić information content (AvgIpc) is 2.58. The van der Waals surface area contributed by atoms with Crippen LogP contribution in [-0.4, -0.2) is 9.71 Å². The molecule has 2 aromatic rings. The van der Waals surface area contributed by atoms with Crippen LogP contribution in [0.4, 0.5) is 0 Å². The Morgan fingerprint density at radius 2 is 1.93 bits per heavy atom. The monoisotopic (exact) mass is 242 g/mol. The molecule has 0 fully saturated rings. The van der Waals surface area contributed by atoms with Gasteiger partial charge >= 0.3 is 0 Å². The summed E-state index contributed by atoms with van der Waals surface area (Å²) in [5.74, 6) is 0. The molecule has 15 heavy (non-hydrogen) atoms. The van der Waals surface area contributed by atoms with Gasteiger partial charge in [-0.2, -0.15) is 0 Å². The summed E-state index contributed by atoms with van der Waals surface area (Å²) >= 11 is 11.6. The van der Waals surface area contributed by atoms with Crippen LogP contribution < -0.4 is 4.84 Å². The molecule has 0 aliphatic carbocycles. The van der Waals surface area contributed by atoms with Crippen molar-refractivity contribution in [2.75, 3.05) is 0 Å². The van der Waals surface area contributed by atoms with Gasteiger partial charge in [-0.3, -0.25) is 0 Å². The van der Waals surface area contributed by atoms with Gasteiger partial charge in [0.1, 0.15) is 6.61 Å². The molecule has 2 rings (SSSR count). The number of benzene rings is 1. The number of rotatable bonds is 3. The third-order valence-corrected chi connectivity index (χ3v) is 2.34. The van der Waals surface area contributed by atoms with Gasteiger partial charge in [0.05, 0.1) is 6.20 Å². The van der Waals surface area contributed by atoms with Crippen LogP contribution in [0, 0.1) is 0 Å². The standard InChI is InChI=1S/C10H8Cl2N2O/c11-9-6-13-10(12)14(9)15-7-8-4-2-1-3-5-8/h1-6H,7H2. The van der Waals surface area contributed by atoms with E-state index in [1.165, 1.54) is 10.9 Å². The minimum atomic E-state index is 0.218. The van der Waals surface area contributed by atoms with E-state index < -0.39 is 0 Å². The molecule has 0 amide bonds. The molecule has 1 aromatic heterocycles. The smallest absolute Gasteiger partial charge is 0.238 e. The number of hydrogen-bond acceptors (Lipinski definition) is 2. The van der Waals surface area contributed by atoms with Gasteiger partial charge in [0.25, 0.3) is 0 Å². The zero-order chi connectivity index (χ0) is 10.7. The summed E-state index contributed by atoms with van der Waals surface area (Å²) in [4.78, 5) is 9.18. The van der Waals surface area contributed by atoms with Gasteiger partial charge in [0, 0.05) is 0 Å². The maximum Gasteiger partial charge on any atom is 0.238 e. The number of imidazole rings is 1. The molecule has 0 atom stereocenters. The van der Waals surface area contributed by atoms with Crippen LogP contribution >= 0.6 is 23.2 Å². The molecule has 0 bridgehead atoms. The Hall–Kier alpha value is -1.19. The molecule has 0 N–H and O–H groups in total. The van der Waals surface area contributed by atoms with E-state index in [4.69, 9.17) is 28.0 Å². The molecular formula is C10H8Cl2N2O. The molecule has 1 aromatic carbocycles. The van der Waals surface area contributed by atoms with Crippen LogP contribution in [0.15, 0.2) is 36.5 Å². The van der Waals surface area contributed by atoms with E-state index in [9.17, 15) is 0 Å². The Bertz CT molecular complexity index is 422. The van der Waals surface area contributed by atoms with Gasteiger partial charge in [-0.1, -0.05) is 41.9 Å². The van der Waals surface area contributed by atoms with E-state index in [2.05, 4.69) is 4.98 Å². The second-order valence-electron chi connectivity index (χ2n) is 2.90. The van der Waals surface area contributed by atoms with Crippen molar-refractivity contribution in [2.45, 2.75) is 6.61 Å². The molecule has 1 heterocycles. The van der Waals surface area contributed by atoms with Crippen molar-refractivity contribution in [1.82, 2.24) is 9.71 Å². The largest absolute Gasteiger partial charge is 0.405 e. The van der Waals surface area contributed by atoms with Crippen molar-refractivity contribution in [3.8, 4) is 0 Å². The molecule has 0 aliphatic rings. The van der Waals surface area contributed by atoms with Crippen LogP contribution in [0.5, 0.6) is 0 Å². The first kappa shape index (κ1) is 10.3. The highest BCUT2D eigenvalue weighted by Gasteiger charge is 2.06. The topological polar surface area (TPSA) is 27.1 Å². The van der Waals surface area contributed by atoms with Crippen molar-refractivity contribution in [2.24, 2.45) is 0 Å². The van der Waals surface area contributed by atoms with Crippen LogP contribution in [0.1, 0.15) is 5.56 Å². The minimum Gasteiger partial charge on any atom is -0.405 e. The Labute approximate surface area is 97.2 Å². The molecule has 3 nitrogen and oxygen atoms in total. The lowest BCUT2D eigenvalue weighted by Crippen LogP contribution is -2.11. The van der Waals surface area contributed by atoms with Crippen molar-refractivity contribution < 1.29 is 4.84 Å². The fourth-order valence-corrected chi connectivity index (χ4v) is 1.54. The number of hydrogen-bond donors (Lipinski definition) is 0. The van der Waals surface area contributed by atoms with Crippen molar-refractivity contribution in [3.05, 3.63) is 52.5 Å². The zero-order valence-electron chi connectivity index (χ0n) is 7.73. The number of nitrogens with zero attached hydrogens (tertiary/aromatic N) is 2. The SMILES string of the molecule is Clc1cnc(Cl)n1OCc1ccccc1. The van der Waals surface area contributed by atoms with Gasteiger partial charge in [-0.15, -0.1) is 4.73 Å². The molecule has 5 heteroatoms. The Kier molecular flexibility index (Phi) is 3.14. The van der Waals surface area contributed by atoms with Crippen LogP contribution in [0.2, 0.25) is 10.4 Å². The average molecular weight is 243 g/mol. The van der Waals surface area contributed by atoms with E-state index in [1.807, 2.05) is 30.3 Å². The van der Waals surface area contributed by atoms with Gasteiger partial charge in [0.15, 0.2) is 5.15 Å². The maximum atomic E-state index is 5.80. The third-order valence-electron chi connectivity index (χ3n) is 1.84. The quantitative estimate of drug-likeness (QED) is 0.828. The number of halogens is 2. The Morgan fingerprint density at radius 3 is 2.53 bits per heavy atom. The van der Waals surface area contributed by atoms with Gasteiger partial charge in [-0.25, -0.2) is 4.98 Å². The van der Waals surface area contributed by atoms with Crippen LogP contribution in [-0.2, 0) is 6.61 Å². The lowest BCUT2D eigenvalue weighted by Gasteiger charge is -2.07. The molecule has 0 radical (unpaired) electrons. The highest BCUT2D eigenvalue weighted by Crippen LogP contribution is 2.14. The van der Waals surface area contributed by atoms with Gasteiger partial charge in [0.2, 0.25) is 5.28 Å². The van der Waals surface area contributed by atoms with Crippen molar-refractivity contribution in [3.63, 3.8) is 0 Å². The summed E-state index contributed by atoms with van der Waals surface area (Å²) in [5.41, 5.74) is 1.04. The fourth-order valence-electron chi connectivity index (χ4n) is 1.13. The third kappa shape index (κ3) is 2.43. The maximum absolute atomic E-state index is 5.80. The van der Waals surface area contributed by atoms with Crippen LogP contribution in [0.25, 0.3) is 0 Å². The van der Waals surface area contributed by atoms with Gasteiger partial charge < -0.3 is 4.84 Å². The molecule has 78 valence electrons. The molecule has 0 saturated heterocycles. The van der Waals surface area contributed by atoms with E-state index in [0.717, 1.165) is 5.56 Å². The highest BCUT2D eigenvalue weighted by atomic mass is 35.5. The summed E-state index contributed by atoms with van der Waals surface area (Å²) < 4.78 is 1.29. The Balaban J connectivity index is 2.05. The molecule has 0 unspecified atom stereocenters. The summed E-state index contributed by atoms with van der Waals surface area (Å²) in [6.45, 7) is 0.399. The van der Waals surface area contributed by atoms with Crippen molar-refractivity contribution >= 4 is 23.2 Å². The zero-order valence-corrected chi connectivity index (χ0v) is 9.24. The molecule has 0 spiro atoms.